The molecule has 36 heavy (non-hydrogen) atoms. The smallest absolute Gasteiger partial charge is 0.255 e. The van der Waals surface area contributed by atoms with Crippen molar-refractivity contribution in [2.75, 3.05) is 15.9 Å². The topological polar surface area (TPSA) is 79.4 Å². The van der Waals surface area contributed by atoms with E-state index < -0.39 is 10.0 Å². The Kier molecular flexibility index (Phi) is 7.94. The number of nitrogens with one attached hydrogen (secondary N) is 1. The second-order valence-corrected chi connectivity index (χ2v) is 10.9. The Bertz CT molecular complexity index is 1460. The third-order valence-electron chi connectivity index (χ3n) is 5.51. The Balaban J connectivity index is 1.43. The molecule has 0 radical (unpaired) electrons. The molecule has 4 rings (SSSR count). The number of hydrogen-bond donors (Lipinski definition) is 1. The first kappa shape index (κ1) is 25.7. The minimum absolute atomic E-state index is 0.0414. The lowest BCUT2D eigenvalue weighted by Crippen LogP contribution is -2.29. The summed E-state index contributed by atoms with van der Waals surface area (Å²) in [5, 5.41) is 3.31. The predicted molar refractivity (Wildman–Crippen MR) is 145 cm³/mol. The molecule has 1 N–H and O–H groups in total. The first-order valence-electron chi connectivity index (χ1n) is 11.0. The fourth-order valence-electron chi connectivity index (χ4n) is 3.64. The van der Waals surface area contributed by atoms with Crippen LogP contribution in [0.25, 0.3) is 0 Å². The summed E-state index contributed by atoms with van der Waals surface area (Å²) < 4.78 is 26.1. The lowest BCUT2D eigenvalue weighted by atomic mass is 10.1. The van der Waals surface area contributed by atoms with E-state index in [9.17, 15) is 13.2 Å². The van der Waals surface area contributed by atoms with Gasteiger partial charge in [-0.1, -0.05) is 53.5 Å². The van der Waals surface area contributed by atoms with Crippen molar-refractivity contribution < 1.29 is 13.2 Å². The molecule has 1 heterocycles. The zero-order chi connectivity index (χ0) is 25.7. The van der Waals surface area contributed by atoms with Crippen molar-refractivity contribution in [3.8, 4) is 0 Å². The van der Waals surface area contributed by atoms with Crippen LogP contribution in [0.2, 0.25) is 10.0 Å². The van der Waals surface area contributed by atoms with Gasteiger partial charge < -0.3 is 5.32 Å². The maximum atomic E-state index is 12.7. The molecule has 1 amide bonds. The van der Waals surface area contributed by atoms with Gasteiger partial charge in [0.2, 0.25) is 10.0 Å². The van der Waals surface area contributed by atoms with Crippen molar-refractivity contribution in [1.82, 2.24) is 4.98 Å². The van der Waals surface area contributed by atoms with Crippen molar-refractivity contribution in [1.29, 1.82) is 0 Å². The SMILES string of the molecule is CS(=O)(=O)N(Cc1ccc(C(=O)Nc2ccc(Cc3ccncc3)cc2)cc1)c1cccc(Cl)c1Cl. The van der Waals surface area contributed by atoms with Gasteiger partial charge >= 0.3 is 0 Å². The summed E-state index contributed by atoms with van der Waals surface area (Å²) in [6, 6.07) is 23.2. The molecule has 0 unspecified atom stereocenters. The molecule has 1 aromatic heterocycles. The van der Waals surface area contributed by atoms with Gasteiger partial charge in [-0.3, -0.25) is 14.1 Å². The van der Waals surface area contributed by atoms with Crippen molar-refractivity contribution in [2.45, 2.75) is 13.0 Å². The lowest BCUT2D eigenvalue weighted by molar-refractivity contribution is 0.102. The van der Waals surface area contributed by atoms with E-state index in [1.807, 2.05) is 36.4 Å². The largest absolute Gasteiger partial charge is 0.322 e. The zero-order valence-electron chi connectivity index (χ0n) is 19.4. The standard InChI is InChI=1S/C27H23Cl2N3O3S/c1-36(34,35)32(25-4-2-3-24(28)26(25)29)18-21-5-9-22(10-6-21)27(33)31-23-11-7-19(8-12-23)17-20-13-15-30-16-14-20/h2-16H,17-18H2,1H3,(H,31,33). The normalized spacial score (nSPS) is 11.2. The molecule has 3 aromatic carbocycles. The highest BCUT2D eigenvalue weighted by molar-refractivity contribution is 7.92. The number of amides is 1. The predicted octanol–water partition coefficient (Wildman–Crippen LogP) is 6.20. The van der Waals surface area contributed by atoms with E-state index in [0.29, 0.717) is 22.5 Å². The van der Waals surface area contributed by atoms with Crippen LogP contribution < -0.4 is 9.62 Å². The van der Waals surface area contributed by atoms with E-state index in [0.717, 1.165) is 23.8 Å². The van der Waals surface area contributed by atoms with Crippen LogP contribution in [0.5, 0.6) is 0 Å². The third-order valence-corrected chi connectivity index (χ3v) is 7.45. The summed E-state index contributed by atoms with van der Waals surface area (Å²) >= 11 is 12.3. The van der Waals surface area contributed by atoms with Gasteiger partial charge in [-0.15, -0.1) is 0 Å². The maximum absolute atomic E-state index is 12.7. The van der Waals surface area contributed by atoms with Gasteiger partial charge in [0.15, 0.2) is 0 Å². The summed E-state index contributed by atoms with van der Waals surface area (Å²) in [7, 11) is -3.64. The molecule has 0 atom stereocenters. The summed E-state index contributed by atoms with van der Waals surface area (Å²) in [5.41, 5.74) is 4.40. The molecule has 0 bridgehead atoms. The van der Waals surface area contributed by atoms with Crippen molar-refractivity contribution in [3.63, 3.8) is 0 Å². The number of hydrogen-bond acceptors (Lipinski definition) is 4. The number of benzene rings is 3. The number of carbonyl (C=O) groups is 1. The Labute approximate surface area is 220 Å². The Hall–Kier alpha value is -3.39. The van der Waals surface area contributed by atoms with E-state index in [1.54, 1.807) is 54.9 Å². The zero-order valence-corrected chi connectivity index (χ0v) is 21.7. The number of nitrogens with zero attached hydrogens (tertiary/aromatic N) is 2. The van der Waals surface area contributed by atoms with Crippen molar-refractivity contribution in [2.24, 2.45) is 0 Å². The average molecular weight is 540 g/mol. The van der Waals surface area contributed by atoms with Crippen LogP contribution in [-0.4, -0.2) is 25.6 Å². The van der Waals surface area contributed by atoms with Crippen LogP contribution in [0.15, 0.2) is 91.3 Å². The monoisotopic (exact) mass is 539 g/mol. The highest BCUT2D eigenvalue weighted by Crippen LogP contribution is 2.34. The van der Waals surface area contributed by atoms with E-state index in [-0.39, 0.29) is 22.5 Å². The Morgan fingerprint density at radius 2 is 1.47 bits per heavy atom. The number of anilines is 2. The molecule has 184 valence electrons. The van der Waals surface area contributed by atoms with Crippen LogP contribution in [0, 0.1) is 0 Å². The number of sulfonamides is 1. The third kappa shape index (κ3) is 6.43. The number of pyridine rings is 1. The van der Waals surface area contributed by atoms with Crippen LogP contribution in [-0.2, 0) is 23.0 Å². The highest BCUT2D eigenvalue weighted by atomic mass is 35.5. The van der Waals surface area contributed by atoms with Crippen LogP contribution in [0.3, 0.4) is 0 Å². The number of halogens is 2. The quantitative estimate of drug-likeness (QED) is 0.289. The Morgan fingerprint density at radius 3 is 2.11 bits per heavy atom. The van der Waals surface area contributed by atoms with Gasteiger partial charge in [0.05, 0.1) is 28.5 Å². The Morgan fingerprint density at radius 1 is 0.861 bits per heavy atom. The van der Waals surface area contributed by atoms with E-state index in [1.165, 1.54) is 4.31 Å². The molecule has 0 aliphatic rings. The van der Waals surface area contributed by atoms with Gasteiger partial charge in [0, 0.05) is 23.6 Å². The molecule has 0 aliphatic carbocycles. The van der Waals surface area contributed by atoms with Crippen molar-refractivity contribution >= 4 is 50.5 Å². The summed E-state index contributed by atoms with van der Waals surface area (Å²) in [6.07, 6.45) is 5.41. The van der Waals surface area contributed by atoms with Gasteiger partial charge in [0.25, 0.3) is 5.91 Å². The van der Waals surface area contributed by atoms with Gasteiger partial charge in [-0.2, -0.15) is 0 Å². The average Bonchev–Trinajstić information content (AvgIpc) is 2.86. The molecule has 6 nitrogen and oxygen atoms in total. The molecule has 0 spiro atoms. The van der Waals surface area contributed by atoms with Crippen LogP contribution in [0.1, 0.15) is 27.0 Å². The van der Waals surface area contributed by atoms with Gasteiger partial charge in [-0.25, -0.2) is 8.42 Å². The van der Waals surface area contributed by atoms with Gasteiger partial charge in [0.1, 0.15) is 0 Å². The second-order valence-electron chi connectivity index (χ2n) is 8.22. The number of carbonyl (C=O) groups excluding carboxylic acids is 1. The van der Waals surface area contributed by atoms with E-state index >= 15 is 0 Å². The summed E-state index contributed by atoms with van der Waals surface area (Å²) in [4.78, 5) is 16.8. The number of aromatic nitrogens is 1. The van der Waals surface area contributed by atoms with Crippen LogP contribution >= 0.6 is 23.2 Å². The number of rotatable bonds is 8. The van der Waals surface area contributed by atoms with E-state index in [2.05, 4.69) is 10.3 Å². The minimum atomic E-state index is -3.64. The molecular formula is C27H23Cl2N3O3S. The highest BCUT2D eigenvalue weighted by Gasteiger charge is 2.21. The second kappa shape index (κ2) is 11.1. The molecule has 4 aromatic rings. The minimum Gasteiger partial charge on any atom is -0.322 e. The van der Waals surface area contributed by atoms with Gasteiger partial charge in [-0.05, 0) is 71.6 Å². The summed E-state index contributed by atoms with van der Waals surface area (Å²) in [5.74, 6) is -0.263. The first-order valence-corrected chi connectivity index (χ1v) is 13.6. The lowest BCUT2D eigenvalue weighted by Gasteiger charge is -2.24. The fourth-order valence-corrected chi connectivity index (χ4v) is 4.98. The molecule has 0 saturated heterocycles. The molecule has 0 aliphatic heterocycles. The van der Waals surface area contributed by atoms with Crippen LogP contribution in [0.4, 0.5) is 11.4 Å². The molecule has 0 saturated carbocycles. The molecule has 9 heteroatoms. The van der Waals surface area contributed by atoms with E-state index in [4.69, 9.17) is 23.2 Å². The molecular weight excluding hydrogens is 517 g/mol. The maximum Gasteiger partial charge on any atom is 0.255 e. The fraction of sp³-hybridized carbons (Fsp3) is 0.111. The molecule has 0 fully saturated rings. The van der Waals surface area contributed by atoms with Crippen molar-refractivity contribution in [3.05, 3.63) is 124 Å². The first-order chi connectivity index (χ1) is 17.2. The summed E-state index contributed by atoms with van der Waals surface area (Å²) in [6.45, 7) is 0.0414.